The van der Waals surface area contributed by atoms with Crippen molar-refractivity contribution in [3.8, 4) is 0 Å². The van der Waals surface area contributed by atoms with Crippen LogP contribution >= 0.6 is 0 Å². The van der Waals surface area contributed by atoms with E-state index in [4.69, 9.17) is 15.3 Å². The monoisotopic (exact) mass is 120 g/mol. The average Bonchev–Trinajstić information content (AvgIpc) is 0.811. The van der Waals surface area contributed by atoms with Crippen molar-refractivity contribution in [2.75, 3.05) is 0 Å². The van der Waals surface area contributed by atoms with Crippen LogP contribution in [0.2, 0.25) is 0 Å². The maximum absolute atomic E-state index is 8.25. The molecule has 0 radical (unpaired) electrons. The van der Waals surface area contributed by atoms with Gasteiger partial charge in [0.05, 0.1) is 5.09 Å². The van der Waals surface area contributed by atoms with Crippen molar-refractivity contribution in [1.29, 1.82) is 0 Å². The van der Waals surface area contributed by atoms with Gasteiger partial charge < -0.3 is 15.3 Å². The molecule has 0 rings (SSSR count). The second kappa shape index (κ2) is 3.69. The summed E-state index contributed by atoms with van der Waals surface area (Å²) in [6, 6.07) is 0. The fourth-order valence-electron chi connectivity index (χ4n) is 0. The Morgan fingerprint density at radius 3 is 1.40 bits per heavy atom. The molecule has 0 N–H and O–H groups in total. The molecule has 0 aliphatic rings. The van der Waals surface area contributed by atoms with E-state index in [9.17, 15) is 0 Å². The summed E-state index contributed by atoms with van der Waals surface area (Å²) >= 11 is 0. The van der Waals surface area contributed by atoms with Gasteiger partial charge in [-0.3, -0.25) is 0 Å². The van der Waals surface area contributed by atoms with E-state index in [1.807, 2.05) is 0 Å². The molecular formula is NNiO3-. The molecule has 0 heterocycles. The smallest absolute Gasteiger partial charge is 0.0689 e. The molecule has 34 valence electrons. The van der Waals surface area contributed by atoms with Crippen molar-refractivity contribution in [1.82, 2.24) is 0 Å². The predicted molar refractivity (Wildman–Crippen MR) is 10.4 cm³/mol. The van der Waals surface area contributed by atoms with Crippen LogP contribution in [0.1, 0.15) is 0 Å². The van der Waals surface area contributed by atoms with E-state index >= 15 is 0 Å². The molecule has 5 heavy (non-hydrogen) atoms. The van der Waals surface area contributed by atoms with Crippen molar-refractivity contribution in [3.63, 3.8) is 0 Å². The summed E-state index contributed by atoms with van der Waals surface area (Å²) in [6.45, 7) is 0. The summed E-state index contributed by atoms with van der Waals surface area (Å²) in [7, 11) is 0. The van der Waals surface area contributed by atoms with Gasteiger partial charge in [-0.05, 0) is 0 Å². The van der Waals surface area contributed by atoms with E-state index in [2.05, 4.69) is 0 Å². The quantitative estimate of drug-likeness (QED) is 0.252. The molecule has 0 aliphatic heterocycles. The van der Waals surface area contributed by atoms with Crippen LogP contribution in [0.4, 0.5) is 0 Å². The number of hydrogen-bond acceptors (Lipinski definition) is 3. The first-order valence-corrected chi connectivity index (χ1v) is 0.548. The van der Waals surface area contributed by atoms with Crippen LogP contribution in [0.15, 0.2) is 0 Å². The molecule has 5 heteroatoms. The molecule has 0 aliphatic carbocycles. The predicted octanol–water partition coefficient (Wildman–Crippen LogP) is -0.242. The Morgan fingerprint density at radius 2 is 1.40 bits per heavy atom. The SMILES string of the molecule is O=[N+]([O-])[O-].[Ni]. The van der Waals surface area contributed by atoms with Crippen molar-refractivity contribution < 1.29 is 21.6 Å². The Kier molecular flexibility index (Phi) is 6.52. The molecule has 0 saturated carbocycles. The van der Waals surface area contributed by atoms with Gasteiger partial charge in [-0.15, -0.1) is 0 Å². The number of hydrogen-bond donors (Lipinski definition) is 0. The zero-order chi connectivity index (χ0) is 3.58. The van der Waals surface area contributed by atoms with Gasteiger partial charge >= 0.3 is 0 Å². The third kappa shape index (κ3) is 113. The van der Waals surface area contributed by atoms with Gasteiger partial charge in [-0.2, -0.15) is 0 Å². The standard InChI is InChI=1S/NO3.Ni/c2-1(3)4;/q-1;. The van der Waals surface area contributed by atoms with Gasteiger partial charge in [0.1, 0.15) is 0 Å². The summed E-state index contributed by atoms with van der Waals surface area (Å²) < 4.78 is 0. The van der Waals surface area contributed by atoms with E-state index < -0.39 is 5.09 Å². The molecule has 0 saturated heterocycles. The Hall–Kier alpha value is -0.306. The molecule has 0 spiro atoms. The first-order chi connectivity index (χ1) is 1.73. The van der Waals surface area contributed by atoms with Gasteiger partial charge in [-0.1, -0.05) is 0 Å². The van der Waals surface area contributed by atoms with Crippen LogP contribution in [0.5, 0.6) is 0 Å². The Morgan fingerprint density at radius 1 is 1.40 bits per heavy atom. The first kappa shape index (κ1) is 8.83. The van der Waals surface area contributed by atoms with Crippen molar-refractivity contribution in [3.05, 3.63) is 15.3 Å². The third-order valence-electron chi connectivity index (χ3n) is 0. The van der Waals surface area contributed by atoms with Gasteiger partial charge in [0.2, 0.25) is 0 Å². The zero-order valence-corrected chi connectivity index (χ0v) is 2.98. The topological polar surface area (TPSA) is 66.2 Å². The second-order valence-electron chi connectivity index (χ2n) is 0.224. The van der Waals surface area contributed by atoms with Gasteiger partial charge in [0.25, 0.3) is 0 Å². The Labute approximate surface area is 37.8 Å². The normalized spacial score (nSPS) is 4.80. The summed E-state index contributed by atoms with van der Waals surface area (Å²) in [5.41, 5.74) is 0. The van der Waals surface area contributed by atoms with E-state index in [-0.39, 0.29) is 16.5 Å². The maximum atomic E-state index is 8.25. The molecule has 0 aromatic heterocycles. The van der Waals surface area contributed by atoms with Crippen LogP contribution in [-0.2, 0) is 16.5 Å². The fraction of sp³-hybridized carbons (Fsp3) is 0. The van der Waals surface area contributed by atoms with E-state index in [1.54, 1.807) is 0 Å². The number of nitrogens with zero attached hydrogens (tertiary/aromatic N) is 1. The second-order valence-corrected chi connectivity index (χ2v) is 0.224. The molecule has 0 fully saturated rings. The molecule has 0 aromatic carbocycles. The number of rotatable bonds is 0. The maximum Gasteiger partial charge on any atom is 0.0689 e. The Bertz CT molecular complexity index is 29.9. The summed E-state index contributed by atoms with van der Waals surface area (Å²) in [6.07, 6.45) is 0. The van der Waals surface area contributed by atoms with Gasteiger partial charge in [0.15, 0.2) is 0 Å². The molecule has 0 unspecified atom stereocenters. The first-order valence-electron chi connectivity index (χ1n) is 0.548. The minimum Gasteiger partial charge on any atom is -0.356 e. The largest absolute Gasteiger partial charge is 0.356 e. The molecule has 0 aromatic rings. The fourth-order valence-corrected chi connectivity index (χ4v) is 0. The third-order valence-corrected chi connectivity index (χ3v) is 0. The van der Waals surface area contributed by atoms with Gasteiger partial charge in [-0.25, -0.2) is 0 Å². The van der Waals surface area contributed by atoms with Gasteiger partial charge in [0, 0.05) is 16.5 Å². The van der Waals surface area contributed by atoms with E-state index in [0.717, 1.165) is 0 Å². The van der Waals surface area contributed by atoms with Crippen molar-refractivity contribution >= 4 is 0 Å². The van der Waals surface area contributed by atoms with Crippen molar-refractivity contribution in [2.24, 2.45) is 0 Å². The molecule has 0 atom stereocenters. The summed E-state index contributed by atoms with van der Waals surface area (Å²) in [4.78, 5) is 8.25. The van der Waals surface area contributed by atoms with E-state index in [0.29, 0.717) is 0 Å². The average molecular weight is 121 g/mol. The summed E-state index contributed by atoms with van der Waals surface area (Å²) in [5, 5.41) is 14.8. The Balaban J connectivity index is 0. The van der Waals surface area contributed by atoms with Crippen LogP contribution < -0.4 is 0 Å². The molecule has 4 nitrogen and oxygen atoms in total. The minimum absolute atomic E-state index is 0. The van der Waals surface area contributed by atoms with Crippen LogP contribution in [-0.4, -0.2) is 5.09 Å². The van der Waals surface area contributed by atoms with Crippen molar-refractivity contribution in [2.45, 2.75) is 0 Å². The molecule has 0 bridgehead atoms. The summed E-state index contributed by atoms with van der Waals surface area (Å²) in [5.74, 6) is 0. The minimum atomic E-state index is -1.75. The molecule has 0 amide bonds. The van der Waals surface area contributed by atoms with Crippen LogP contribution in [0, 0.1) is 15.3 Å². The van der Waals surface area contributed by atoms with Crippen LogP contribution in [0.3, 0.4) is 0 Å². The molecular weight excluding hydrogens is 121 g/mol. The zero-order valence-electron chi connectivity index (χ0n) is 1.99. The van der Waals surface area contributed by atoms with E-state index in [1.165, 1.54) is 0 Å². The van der Waals surface area contributed by atoms with Crippen LogP contribution in [0.25, 0.3) is 0 Å².